The first kappa shape index (κ1) is 18.5. The maximum atomic E-state index is 12.2. The summed E-state index contributed by atoms with van der Waals surface area (Å²) in [6.07, 6.45) is 3.96. The zero-order chi connectivity index (χ0) is 17.4. The van der Waals surface area contributed by atoms with Gasteiger partial charge in [-0.3, -0.25) is 9.59 Å². The van der Waals surface area contributed by atoms with Gasteiger partial charge in [-0.15, -0.1) is 0 Å². The summed E-state index contributed by atoms with van der Waals surface area (Å²) in [5, 5.41) is 3.05. The fraction of sp³-hybridized carbons (Fsp3) is 0.667. The summed E-state index contributed by atoms with van der Waals surface area (Å²) in [5.74, 6) is 0.443. The fourth-order valence-electron chi connectivity index (χ4n) is 3.20. The van der Waals surface area contributed by atoms with Gasteiger partial charge < -0.3 is 19.5 Å². The number of amides is 2. The first-order valence-corrected chi connectivity index (χ1v) is 9.09. The van der Waals surface area contributed by atoms with Crippen LogP contribution in [-0.4, -0.2) is 56.0 Å². The van der Waals surface area contributed by atoms with Crippen LogP contribution in [0.1, 0.15) is 43.7 Å². The second kappa shape index (κ2) is 9.47. The van der Waals surface area contributed by atoms with E-state index in [9.17, 15) is 9.59 Å². The zero-order valence-corrected chi connectivity index (χ0v) is 14.8. The van der Waals surface area contributed by atoms with Crippen molar-refractivity contribution in [2.45, 2.75) is 33.1 Å². The number of likely N-dealkylation sites (tertiary alicyclic amines) is 1. The van der Waals surface area contributed by atoms with Crippen LogP contribution < -0.4 is 10.2 Å². The third-order valence-corrected chi connectivity index (χ3v) is 4.89. The van der Waals surface area contributed by atoms with Crippen molar-refractivity contribution < 1.29 is 18.9 Å². The van der Waals surface area contributed by atoms with Crippen molar-refractivity contribution in [1.29, 1.82) is 0 Å². The number of rotatable bonds is 8. The molecule has 0 unspecified atom stereocenters. The average Bonchev–Trinajstić information content (AvgIpc) is 3.16. The zero-order valence-electron chi connectivity index (χ0n) is 14.8. The molecule has 0 aromatic carbocycles. The number of nitrogens with one attached hydrogen (secondary N) is 2. The first-order chi connectivity index (χ1) is 11.7. The Hall–Kier alpha value is -1.82. The van der Waals surface area contributed by atoms with Crippen LogP contribution in [0.2, 0.25) is 0 Å². The van der Waals surface area contributed by atoms with Gasteiger partial charge in [0.25, 0.3) is 5.91 Å². The van der Waals surface area contributed by atoms with Crippen molar-refractivity contribution in [2.75, 3.05) is 39.3 Å². The molecule has 24 heavy (non-hydrogen) atoms. The Morgan fingerprint density at radius 1 is 1.29 bits per heavy atom. The van der Waals surface area contributed by atoms with Crippen molar-refractivity contribution in [3.63, 3.8) is 0 Å². The van der Waals surface area contributed by atoms with Gasteiger partial charge in [-0.2, -0.15) is 0 Å². The number of hydrogen-bond acceptors (Lipinski definition) is 3. The van der Waals surface area contributed by atoms with Gasteiger partial charge in [0.05, 0.1) is 25.9 Å². The normalized spacial score (nSPS) is 15.7. The molecule has 134 valence electrons. The molecule has 1 aromatic heterocycles. The van der Waals surface area contributed by atoms with Gasteiger partial charge in [0.1, 0.15) is 0 Å². The third kappa shape index (κ3) is 5.09. The van der Waals surface area contributed by atoms with Gasteiger partial charge in [0.2, 0.25) is 5.91 Å². The lowest BCUT2D eigenvalue weighted by Crippen LogP contribution is -3.11. The molecule has 0 atom stereocenters. The molecule has 1 saturated heterocycles. The molecule has 0 radical (unpaired) electrons. The Kier molecular flexibility index (Phi) is 7.31. The molecule has 0 aliphatic carbocycles. The van der Waals surface area contributed by atoms with Crippen LogP contribution in [0.4, 0.5) is 0 Å². The number of carbonyl (C=O) groups is 2. The van der Waals surface area contributed by atoms with Crippen LogP contribution in [0.5, 0.6) is 0 Å². The van der Waals surface area contributed by atoms with Gasteiger partial charge >= 0.3 is 0 Å². The van der Waals surface area contributed by atoms with Crippen LogP contribution >= 0.6 is 0 Å². The minimum atomic E-state index is -0.0824. The van der Waals surface area contributed by atoms with E-state index in [0.29, 0.717) is 18.8 Å². The van der Waals surface area contributed by atoms with Gasteiger partial charge in [-0.25, -0.2) is 0 Å². The predicted molar refractivity (Wildman–Crippen MR) is 91.9 cm³/mol. The number of carbonyl (C=O) groups excluding carboxylic acids is 2. The van der Waals surface area contributed by atoms with E-state index in [1.807, 2.05) is 0 Å². The molecule has 0 spiro atoms. The van der Waals surface area contributed by atoms with Crippen molar-refractivity contribution in [3.8, 4) is 0 Å². The standard InChI is InChI=1S/C18H29N3O3/c1-3-20(4-2)11-6-10-19-17(22)15-8-12-21(13-9-15)18(23)16-7-5-14-24-16/h5,7,14-15H,3-4,6,8-13H2,1-2H3,(H,19,22)/p+1. The van der Waals surface area contributed by atoms with E-state index in [0.717, 1.165) is 45.4 Å². The van der Waals surface area contributed by atoms with Gasteiger partial charge in [-0.05, 0) is 38.8 Å². The lowest BCUT2D eigenvalue weighted by molar-refractivity contribution is -0.896. The maximum Gasteiger partial charge on any atom is 0.289 e. The topological polar surface area (TPSA) is 67.0 Å². The van der Waals surface area contributed by atoms with E-state index < -0.39 is 0 Å². The number of quaternary nitrogens is 1. The summed E-state index contributed by atoms with van der Waals surface area (Å²) >= 11 is 0. The third-order valence-electron chi connectivity index (χ3n) is 4.89. The van der Waals surface area contributed by atoms with Crippen LogP contribution in [0.15, 0.2) is 22.8 Å². The van der Waals surface area contributed by atoms with Gasteiger partial charge in [-0.1, -0.05) is 0 Å². The lowest BCUT2D eigenvalue weighted by Gasteiger charge is -2.30. The second-order valence-corrected chi connectivity index (χ2v) is 6.40. The molecule has 1 aliphatic heterocycles. The largest absolute Gasteiger partial charge is 0.459 e. The first-order valence-electron chi connectivity index (χ1n) is 9.09. The minimum absolute atomic E-state index is 0.0199. The summed E-state index contributed by atoms with van der Waals surface area (Å²) in [7, 11) is 0. The average molecular weight is 336 g/mol. The minimum Gasteiger partial charge on any atom is -0.459 e. The number of piperidine rings is 1. The molecule has 2 N–H and O–H groups in total. The van der Waals surface area contributed by atoms with Crippen molar-refractivity contribution in [1.82, 2.24) is 10.2 Å². The van der Waals surface area contributed by atoms with E-state index in [4.69, 9.17) is 4.42 Å². The summed E-state index contributed by atoms with van der Waals surface area (Å²) in [6, 6.07) is 3.40. The van der Waals surface area contributed by atoms with E-state index >= 15 is 0 Å². The molecule has 2 heterocycles. The summed E-state index contributed by atoms with van der Waals surface area (Å²) in [5.41, 5.74) is 0. The van der Waals surface area contributed by atoms with Crippen LogP contribution in [0.25, 0.3) is 0 Å². The molecule has 0 bridgehead atoms. The Morgan fingerprint density at radius 3 is 2.58 bits per heavy atom. The van der Waals surface area contributed by atoms with Crippen LogP contribution in [0, 0.1) is 5.92 Å². The molecule has 1 fully saturated rings. The predicted octanol–water partition coefficient (Wildman–Crippen LogP) is 0.563. The summed E-state index contributed by atoms with van der Waals surface area (Å²) < 4.78 is 5.15. The highest BCUT2D eigenvalue weighted by Gasteiger charge is 2.28. The van der Waals surface area contributed by atoms with Crippen LogP contribution in [-0.2, 0) is 4.79 Å². The molecule has 2 amide bonds. The Bertz CT molecular complexity index is 504. The number of nitrogens with zero attached hydrogens (tertiary/aromatic N) is 1. The van der Waals surface area contributed by atoms with E-state index in [-0.39, 0.29) is 17.7 Å². The quantitative estimate of drug-likeness (QED) is 0.682. The van der Waals surface area contributed by atoms with Crippen LogP contribution in [0.3, 0.4) is 0 Å². The Labute approximate surface area is 144 Å². The van der Waals surface area contributed by atoms with Gasteiger partial charge in [0.15, 0.2) is 5.76 Å². The van der Waals surface area contributed by atoms with E-state index in [2.05, 4.69) is 19.2 Å². The number of furan rings is 1. The summed E-state index contributed by atoms with van der Waals surface area (Å²) in [6.45, 7) is 9.71. The molecule has 0 saturated carbocycles. The maximum absolute atomic E-state index is 12.2. The number of hydrogen-bond donors (Lipinski definition) is 2. The highest BCUT2D eigenvalue weighted by atomic mass is 16.3. The van der Waals surface area contributed by atoms with Gasteiger partial charge in [0, 0.05) is 32.0 Å². The molecule has 2 rings (SSSR count). The Balaban J connectivity index is 1.66. The highest BCUT2D eigenvalue weighted by Crippen LogP contribution is 2.19. The SMILES string of the molecule is CC[NH+](CC)CCCNC(=O)C1CCN(C(=O)c2ccco2)CC1. The molecule has 1 aliphatic rings. The molecular formula is C18H30N3O3+. The van der Waals surface area contributed by atoms with E-state index in [1.165, 1.54) is 6.26 Å². The van der Waals surface area contributed by atoms with Crippen molar-refractivity contribution in [2.24, 2.45) is 5.92 Å². The molecular weight excluding hydrogens is 306 g/mol. The smallest absolute Gasteiger partial charge is 0.289 e. The van der Waals surface area contributed by atoms with E-state index in [1.54, 1.807) is 21.9 Å². The fourth-order valence-corrected chi connectivity index (χ4v) is 3.20. The molecule has 1 aromatic rings. The van der Waals surface area contributed by atoms with Crippen molar-refractivity contribution >= 4 is 11.8 Å². The molecule has 6 nitrogen and oxygen atoms in total. The monoisotopic (exact) mass is 336 g/mol. The lowest BCUT2D eigenvalue weighted by atomic mass is 9.95. The second-order valence-electron chi connectivity index (χ2n) is 6.40. The summed E-state index contributed by atoms with van der Waals surface area (Å²) in [4.78, 5) is 27.8. The van der Waals surface area contributed by atoms with Crippen molar-refractivity contribution in [3.05, 3.63) is 24.2 Å². The molecule has 6 heteroatoms. The Morgan fingerprint density at radius 2 is 2.00 bits per heavy atom. The highest BCUT2D eigenvalue weighted by molar-refractivity contribution is 5.91.